The van der Waals surface area contributed by atoms with Crippen LogP contribution in [0.5, 0.6) is 0 Å². The first-order valence-corrected chi connectivity index (χ1v) is 15.7. The molecule has 2 aliphatic heterocycles. The summed E-state index contributed by atoms with van der Waals surface area (Å²) in [4.78, 5) is 3.36. The fourth-order valence-corrected chi connectivity index (χ4v) is 10.4. The minimum absolute atomic E-state index is 0.00335. The molecule has 2 aromatic carbocycles. The summed E-state index contributed by atoms with van der Waals surface area (Å²) >= 11 is 0.402. The van der Waals surface area contributed by atoms with Crippen molar-refractivity contribution in [2.24, 2.45) is 11.8 Å². The van der Waals surface area contributed by atoms with E-state index < -0.39 is 0 Å². The number of fused-ring (bicyclic) bond motifs is 2. The normalized spacial score (nSPS) is 39.1. The molecule has 0 unspecified atom stereocenters. The molecule has 4 heteroatoms. The Kier molecular flexibility index (Phi) is 6.65. The molecule has 7 atom stereocenters. The molecule has 0 bridgehead atoms. The predicted octanol–water partition coefficient (Wildman–Crippen LogP) is 6.13. The number of ether oxygens (including phenoxy) is 2. The summed E-state index contributed by atoms with van der Waals surface area (Å²) in [5.41, 5.74) is 1.29. The quantitative estimate of drug-likeness (QED) is 0.439. The van der Waals surface area contributed by atoms with Gasteiger partial charge in [0, 0.05) is 0 Å². The zero-order valence-electron chi connectivity index (χ0n) is 21.6. The number of rotatable bonds is 3. The van der Waals surface area contributed by atoms with Crippen LogP contribution in [0.15, 0.2) is 60.7 Å². The second kappa shape index (κ2) is 9.62. The molecule has 0 N–H and O–H groups in total. The summed E-state index contributed by atoms with van der Waals surface area (Å²) in [5.74, 6) is 1.35. The van der Waals surface area contributed by atoms with Crippen LogP contribution >= 0.6 is 0 Å². The SMILES string of the molecule is C[C@@H]1CC[C@@H]2[C@@H](C1)O[C@H]1[C@H](c3ccccc3)O[C@]3(CCCC[C@@H]3[Se]c3ccccc3)CN1C2(C)C. The van der Waals surface area contributed by atoms with E-state index >= 15 is 0 Å². The monoisotopic (exact) mass is 539 g/mol. The van der Waals surface area contributed by atoms with Gasteiger partial charge in [-0.3, -0.25) is 0 Å². The van der Waals surface area contributed by atoms with Crippen LogP contribution in [0.3, 0.4) is 0 Å². The Morgan fingerprint density at radius 1 is 0.914 bits per heavy atom. The van der Waals surface area contributed by atoms with Crippen molar-refractivity contribution in [1.82, 2.24) is 4.90 Å². The zero-order valence-corrected chi connectivity index (χ0v) is 23.3. The Morgan fingerprint density at radius 2 is 1.66 bits per heavy atom. The van der Waals surface area contributed by atoms with Crippen LogP contribution in [-0.4, -0.2) is 49.9 Å². The van der Waals surface area contributed by atoms with Gasteiger partial charge in [0.05, 0.1) is 0 Å². The Balaban J connectivity index is 1.39. The average Bonchev–Trinajstić information content (AvgIpc) is 2.87. The summed E-state index contributed by atoms with van der Waals surface area (Å²) in [5, 5.41) is 0. The van der Waals surface area contributed by atoms with Gasteiger partial charge in [-0.1, -0.05) is 0 Å². The summed E-state index contributed by atoms with van der Waals surface area (Å²) in [6.45, 7) is 8.43. The maximum absolute atomic E-state index is 7.40. The van der Waals surface area contributed by atoms with Crippen molar-refractivity contribution in [2.75, 3.05) is 6.54 Å². The molecule has 4 fully saturated rings. The molecule has 2 saturated heterocycles. The Morgan fingerprint density at radius 3 is 2.43 bits per heavy atom. The van der Waals surface area contributed by atoms with E-state index in [1.54, 1.807) is 0 Å². The van der Waals surface area contributed by atoms with Gasteiger partial charge in [-0.2, -0.15) is 0 Å². The topological polar surface area (TPSA) is 21.7 Å². The van der Waals surface area contributed by atoms with Gasteiger partial charge in [0.2, 0.25) is 0 Å². The van der Waals surface area contributed by atoms with Crippen molar-refractivity contribution in [2.45, 2.75) is 100 Å². The van der Waals surface area contributed by atoms with E-state index in [0.717, 1.165) is 12.5 Å². The number of hydrogen-bond donors (Lipinski definition) is 0. The summed E-state index contributed by atoms with van der Waals surface area (Å²) in [6.07, 6.45) is 9.14. The molecule has 188 valence electrons. The number of nitrogens with zero attached hydrogens (tertiary/aromatic N) is 1. The van der Waals surface area contributed by atoms with Gasteiger partial charge in [0.1, 0.15) is 0 Å². The molecule has 0 aromatic heterocycles. The van der Waals surface area contributed by atoms with Crippen LogP contribution in [0, 0.1) is 11.8 Å². The van der Waals surface area contributed by atoms with E-state index in [-0.39, 0.29) is 23.5 Å². The molecule has 6 rings (SSSR count). The van der Waals surface area contributed by atoms with Crippen LogP contribution in [0.4, 0.5) is 0 Å². The van der Waals surface area contributed by atoms with Gasteiger partial charge in [-0.15, -0.1) is 0 Å². The maximum atomic E-state index is 7.40. The van der Waals surface area contributed by atoms with Crippen LogP contribution in [0.2, 0.25) is 4.82 Å². The summed E-state index contributed by atoms with van der Waals surface area (Å²) < 4.78 is 16.0. The average molecular weight is 539 g/mol. The molecule has 2 heterocycles. The van der Waals surface area contributed by atoms with Crippen molar-refractivity contribution in [1.29, 1.82) is 0 Å². The van der Waals surface area contributed by atoms with E-state index in [4.69, 9.17) is 9.47 Å². The fraction of sp³-hybridized carbons (Fsp3) is 0.613. The van der Waals surface area contributed by atoms with Gasteiger partial charge in [-0.25, -0.2) is 0 Å². The second-order valence-corrected chi connectivity index (χ2v) is 14.7. The summed E-state index contributed by atoms with van der Waals surface area (Å²) in [6, 6.07) is 22.1. The van der Waals surface area contributed by atoms with E-state index in [0.29, 0.717) is 31.8 Å². The Hall–Kier alpha value is -1.16. The van der Waals surface area contributed by atoms with Gasteiger partial charge in [-0.05, 0) is 0 Å². The first-order chi connectivity index (χ1) is 17.0. The minimum atomic E-state index is -0.0967. The molecule has 4 aliphatic rings. The molecular formula is C31H41NO2Se. The molecule has 2 aliphatic carbocycles. The fourth-order valence-electron chi connectivity index (χ4n) is 7.44. The van der Waals surface area contributed by atoms with Gasteiger partial charge < -0.3 is 0 Å². The van der Waals surface area contributed by atoms with Crippen molar-refractivity contribution >= 4 is 19.4 Å². The molecule has 0 radical (unpaired) electrons. The van der Waals surface area contributed by atoms with E-state index in [9.17, 15) is 0 Å². The standard InChI is InChI=1S/C31H41NO2Se/c1-22-17-18-25-26(20-22)33-29-28(23-12-6-4-7-13-23)34-31(21-32(29)30(25,2)3)19-11-10-16-27(31)35-24-14-8-5-9-15-24/h4-9,12-15,22,25-29H,10-11,16-21H2,1-3H3/t22-,25-,26-,27+,28+,29+,31-/m1/s1. The number of hydrogen-bond acceptors (Lipinski definition) is 3. The van der Waals surface area contributed by atoms with Crippen LogP contribution < -0.4 is 4.46 Å². The van der Waals surface area contributed by atoms with Crippen molar-refractivity contribution in [3.8, 4) is 0 Å². The first kappa shape index (κ1) is 24.2. The zero-order chi connectivity index (χ0) is 24.0. The third-order valence-corrected chi connectivity index (χ3v) is 12.6. The van der Waals surface area contributed by atoms with Crippen molar-refractivity contribution < 1.29 is 9.47 Å². The van der Waals surface area contributed by atoms with E-state index in [1.807, 2.05) is 0 Å². The van der Waals surface area contributed by atoms with Crippen LogP contribution in [-0.2, 0) is 9.47 Å². The predicted molar refractivity (Wildman–Crippen MR) is 143 cm³/mol. The van der Waals surface area contributed by atoms with Crippen LogP contribution in [0.25, 0.3) is 0 Å². The third kappa shape index (κ3) is 4.44. The van der Waals surface area contributed by atoms with Crippen molar-refractivity contribution in [3.05, 3.63) is 66.2 Å². The third-order valence-electron chi connectivity index (χ3n) is 9.43. The van der Waals surface area contributed by atoms with Gasteiger partial charge >= 0.3 is 219 Å². The number of morpholine rings is 1. The second-order valence-electron chi connectivity index (χ2n) is 12.1. The summed E-state index contributed by atoms with van der Waals surface area (Å²) in [7, 11) is 0. The molecule has 35 heavy (non-hydrogen) atoms. The molecule has 1 spiro atoms. The Bertz CT molecular complexity index is 998. The molecule has 0 amide bonds. The molecular weight excluding hydrogens is 497 g/mol. The molecule has 2 saturated carbocycles. The van der Waals surface area contributed by atoms with Crippen LogP contribution in [0.1, 0.15) is 77.4 Å². The number of benzene rings is 2. The van der Waals surface area contributed by atoms with E-state index in [2.05, 4.69) is 86.3 Å². The Labute approximate surface area is 218 Å². The van der Waals surface area contributed by atoms with Gasteiger partial charge in [0.15, 0.2) is 0 Å². The van der Waals surface area contributed by atoms with Crippen molar-refractivity contribution in [3.63, 3.8) is 0 Å². The molecule has 2 aromatic rings. The van der Waals surface area contributed by atoms with E-state index in [1.165, 1.54) is 55.0 Å². The first-order valence-electron chi connectivity index (χ1n) is 13.8. The molecule has 3 nitrogen and oxygen atoms in total. The van der Waals surface area contributed by atoms with Gasteiger partial charge in [0.25, 0.3) is 0 Å².